The zero-order valence-corrected chi connectivity index (χ0v) is 11.0. The number of benzene rings is 1. The van der Waals surface area contributed by atoms with E-state index < -0.39 is 0 Å². The van der Waals surface area contributed by atoms with Gasteiger partial charge in [-0.25, -0.2) is 0 Å². The third-order valence-corrected chi connectivity index (χ3v) is 3.27. The summed E-state index contributed by atoms with van der Waals surface area (Å²) in [4.78, 5) is 2.12. The lowest BCUT2D eigenvalue weighted by Crippen LogP contribution is -2.36. The van der Waals surface area contributed by atoms with Gasteiger partial charge < -0.3 is 5.73 Å². The number of nitrogens with two attached hydrogens (primary N) is 1. The molecule has 0 aliphatic rings. The van der Waals surface area contributed by atoms with E-state index in [9.17, 15) is 0 Å². The normalized spacial score (nSPS) is 14.4. The van der Waals surface area contributed by atoms with Gasteiger partial charge in [-0.1, -0.05) is 23.7 Å². The van der Waals surface area contributed by atoms with Gasteiger partial charge in [-0.05, 0) is 31.7 Å². The monoisotopic (exact) mass is 251 g/mol. The molecule has 0 heterocycles. The Balaban J connectivity index is 2.88. The minimum absolute atomic E-state index is 0.0945. The number of hydrogen-bond donors (Lipinski definition) is 1. The Labute approximate surface area is 108 Å². The van der Waals surface area contributed by atoms with E-state index in [0.717, 1.165) is 5.56 Å². The molecular weight excluding hydrogens is 234 g/mol. The molecule has 0 radical (unpaired) electrons. The van der Waals surface area contributed by atoms with Gasteiger partial charge in [0.25, 0.3) is 0 Å². The molecule has 2 unspecified atom stereocenters. The number of rotatable bonds is 5. The first kappa shape index (κ1) is 14.0. The van der Waals surface area contributed by atoms with Crippen molar-refractivity contribution in [1.29, 1.82) is 5.26 Å². The van der Waals surface area contributed by atoms with Crippen molar-refractivity contribution in [3.05, 3.63) is 34.9 Å². The fourth-order valence-electron chi connectivity index (χ4n) is 1.83. The molecule has 0 spiro atoms. The lowest BCUT2D eigenvalue weighted by molar-refractivity contribution is 0.191. The van der Waals surface area contributed by atoms with Gasteiger partial charge in [-0.2, -0.15) is 5.26 Å². The molecule has 0 bridgehead atoms. The van der Waals surface area contributed by atoms with Crippen LogP contribution in [-0.2, 0) is 0 Å². The molecule has 0 aliphatic carbocycles. The Morgan fingerprint density at radius 3 is 2.76 bits per heavy atom. The first-order valence-electron chi connectivity index (χ1n) is 5.64. The summed E-state index contributed by atoms with van der Waals surface area (Å²) in [5.41, 5.74) is 6.91. The van der Waals surface area contributed by atoms with E-state index in [2.05, 4.69) is 11.0 Å². The standard InChI is InChI=1S/C13H18ClN3/c1-10(6-7-15)17(2)13(9-16)11-4-3-5-12(14)8-11/h3-5,8,10,13H,6,9,16H2,1-2H3. The van der Waals surface area contributed by atoms with Crippen molar-refractivity contribution in [1.82, 2.24) is 4.90 Å². The van der Waals surface area contributed by atoms with Gasteiger partial charge in [0.15, 0.2) is 0 Å². The topological polar surface area (TPSA) is 53.0 Å². The Morgan fingerprint density at radius 2 is 2.24 bits per heavy atom. The van der Waals surface area contributed by atoms with Crippen molar-refractivity contribution in [2.45, 2.75) is 25.4 Å². The average molecular weight is 252 g/mol. The summed E-state index contributed by atoms with van der Waals surface area (Å²) in [6.07, 6.45) is 0.494. The second-order valence-electron chi connectivity index (χ2n) is 4.18. The van der Waals surface area contributed by atoms with Crippen LogP contribution in [0.3, 0.4) is 0 Å². The van der Waals surface area contributed by atoms with Crippen LogP contribution in [-0.4, -0.2) is 24.5 Å². The number of hydrogen-bond acceptors (Lipinski definition) is 3. The highest BCUT2D eigenvalue weighted by Gasteiger charge is 2.20. The van der Waals surface area contributed by atoms with Gasteiger partial charge in [0.2, 0.25) is 0 Å². The maximum absolute atomic E-state index is 8.73. The minimum Gasteiger partial charge on any atom is -0.329 e. The Hall–Kier alpha value is -1.08. The van der Waals surface area contributed by atoms with Crippen LogP contribution in [0.4, 0.5) is 0 Å². The molecule has 3 nitrogen and oxygen atoms in total. The number of likely N-dealkylation sites (N-methyl/N-ethyl adjacent to an activating group) is 1. The second-order valence-corrected chi connectivity index (χ2v) is 4.62. The van der Waals surface area contributed by atoms with Crippen LogP contribution in [0.25, 0.3) is 0 Å². The van der Waals surface area contributed by atoms with Crippen LogP contribution in [0.5, 0.6) is 0 Å². The lowest BCUT2D eigenvalue weighted by atomic mass is 10.0. The first-order valence-corrected chi connectivity index (χ1v) is 6.02. The number of halogens is 1. The van der Waals surface area contributed by atoms with Gasteiger partial charge >= 0.3 is 0 Å². The van der Waals surface area contributed by atoms with Crippen LogP contribution in [0.1, 0.15) is 24.9 Å². The SMILES string of the molecule is CC(CC#N)N(C)C(CN)c1cccc(Cl)c1. The van der Waals surface area contributed by atoms with Crippen LogP contribution < -0.4 is 5.73 Å². The minimum atomic E-state index is 0.0945. The van der Waals surface area contributed by atoms with Crippen molar-refractivity contribution >= 4 is 11.6 Å². The maximum Gasteiger partial charge on any atom is 0.0638 e. The lowest BCUT2D eigenvalue weighted by Gasteiger charge is -2.31. The summed E-state index contributed by atoms with van der Waals surface area (Å²) in [5.74, 6) is 0. The van der Waals surface area contributed by atoms with E-state index in [-0.39, 0.29) is 12.1 Å². The summed E-state index contributed by atoms with van der Waals surface area (Å²) in [7, 11) is 1.99. The third-order valence-electron chi connectivity index (χ3n) is 3.03. The van der Waals surface area contributed by atoms with Crippen molar-refractivity contribution in [3.63, 3.8) is 0 Å². The molecule has 1 rings (SSSR count). The molecule has 4 heteroatoms. The van der Waals surface area contributed by atoms with E-state index in [0.29, 0.717) is 18.0 Å². The van der Waals surface area contributed by atoms with Gasteiger partial charge in [0.05, 0.1) is 12.5 Å². The number of nitrogens with zero attached hydrogens (tertiary/aromatic N) is 2. The van der Waals surface area contributed by atoms with Crippen LogP contribution in [0.15, 0.2) is 24.3 Å². The molecule has 2 atom stereocenters. The summed E-state index contributed by atoms with van der Waals surface area (Å²) in [6, 6.07) is 10.2. The third kappa shape index (κ3) is 3.71. The molecule has 0 amide bonds. The molecule has 2 N–H and O–H groups in total. The largest absolute Gasteiger partial charge is 0.329 e. The summed E-state index contributed by atoms with van der Waals surface area (Å²) >= 11 is 5.98. The van der Waals surface area contributed by atoms with E-state index in [1.54, 1.807) is 0 Å². The molecule has 92 valence electrons. The molecule has 0 aliphatic heterocycles. The van der Waals surface area contributed by atoms with Crippen LogP contribution in [0.2, 0.25) is 5.02 Å². The van der Waals surface area contributed by atoms with Crippen LogP contribution >= 0.6 is 11.6 Å². The van der Waals surface area contributed by atoms with Gasteiger partial charge in [-0.15, -0.1) is 0 Å². The van der Waals surface area contributed by atoms with Crippen molar-refractivity contribution in [3.8, 4) is 6.07 Å². The highest BCUT2D eigenvalue weighted by Crippen LogP contribution is 2.23. The van der Waals surface area contributed by atoms with Crippen molar-refractivity contribution < 1.29 is 0 Å². The fraction of sp³-hybridized carbons (Fsp3) is 0.462. The molecule has 0 aromatic heterocycles. The molecular formula is C13H18ClN3. The van der Waals surface area contributed by atoms with E-state index >= 15 is 0 Å². The molecule has 17 heavy (non-hydrogen) atoms. The van der Waals surface area contributed by atoms with Crippen molar-refractivity contribution in [2.24, 2.45) is 5.73 Å². The first-order chi connectivity index (χ1) is 8.10. The summed E-state index contributed by atoms with van der Waals surface area (Å²) < 4.78 is 0. The second kappa shape index (κ2) is 6.61. The smallest absolute Gasteiger partial charge is 0.0638 e. The van der Waals surface area contributed by atoms with Crippen molar-refractivity contribution in [2.75, 3.05) is 13.6 Å². The van der Waals surface area contributed by atoms with Gasteiger partial charge in [0.1, 0.15) is 0 Å². The van der Waals surface area contributed by atoms with Gasteiger partial charge in [-0.3, -0.25) is 4.90 Å². The molecule has 1 aromatic carbocycles. The highest BCUT2D eigenvalue weighted by atomic mass is 35.5. The number of nitriles is 1. The van der Waals surface area contributed by atoms with E-state index in [4.69, 9.17) is 22.6 Å². The zero-order chi connectivity index (χ0) is 12.8. The quantitative estimate of drug-likeness (QED) is 0.875. The summed E-state index contributed by atoms with van der Waals surface area (Å²) in [5, 5.41) is 9.44. The Kier molecular flexibility index (Phi) is 5.43. The Bertz CT molecular complexity index is 400. The summed E-state index contributed by atoms with van der Waals surface area (Å²) in [6.45, 7) is 2.53. The van der Waals surface area contributed by atoms with E-state index in [1.165, 1.54) is 0 Å². The van der Waals surface area contributed by atoms with Crippen LogP contribution in [0, 0.1) is 11.3 Å². The predicted octanol–water partition coefficient (Wildman–Crippen LogP) is 2.57. The molecule has 0 saturated heterocycles. The maximum atomic E-state index is 8.73. The van der Waals surface area contributed by atoms with Gasteiger partial charge in [0, 0.05) is 23.7 Å². The van der Waals surface area contributed by atoms with E-state index in [1.807, 2.05) is 38.2 Å². The molecule has 1 aromatic rings. The Morgan fingerprint density at radius 1 is 1.53 bits per heavy atom. The predicted molar refractivity (Wildman–Crippen MR) is 70.7 cm³/mol. The average Bonchev–Trinajstić information content (AvgIpc) is 2.30. The molecule has 0 fully saturated rings. The molecule has 0 saturated carbocycles. The fourth-order valence-corrected chi connectivity index (χ4v) is 2.03. The highest BCUT2D eigenvalue weighted by molar-refractivity contribution is 6.30. The zero-order valence-electron chi connectivity index (χ0n) is 10.2.